The molecule has 2 heterocycles. The van der Waals surface area contributed by atoms with Crippen LogP contribution in [-0.2, 0) is 0 Å². The monoisotopic (exact) mass is 172 g/mol. The van der Waals surface area contributed by atoms with Crippen LogP contribution in [0.1, 0.15) is 0 Å². The van der Waals surface area contributed by atoms with Crippen LogP contribution in [0.2, 0.25) is 5.15 Å². The summed E-state index contributed by atoms with van der Waals surface area (Å²) < 4.78 is 12.7. The number of aromatic nitrogens is 4. The molecule has 0 fully saturated rings. The van der Waals surface area contributed by atoms with Crippen molar-refractivity contribution < 1.29 is 4.39 Å². The Hall–Kier alpha value is -1.23. The third kappa shape index (κ3) is 0.848. The lowest BCUT2D eigenvalue weighted by molar-refractivity contribution is 0.588. The smallest absolute Gasteiger partial charge is 0.221 e. The number of halogens is 2. The van der Waals surface area contributed by atoms with Crippen LogP contribution in [0.15, 0.2) is 6.33 Å². The van der Waals surface area contributed by atoms with Crippen LogP contribution < -0.4 is 0 Å². The Labute approximate surface area is 65.4 Å². The Bertz CT molecular complexity index is 398. The highest BCUT2D eigenvalue weighted by atomic mass is 35.5. The molecule has 2 aromatic heterocycles. The minimum absolute atomic E-state index is 0.0706. The normalized spacial score (nSPS) is 10.7. The fourth-order valence-corrected chi connectivity index (χ4v) is 0.998. The summed E-state index contributed by atoms with van der Waals surface area (Å²) in [4.78, 5) is 7.28. The van der Waals surface area contributed by atoms with Gasteiger partial charge in [0.1, 0.15) is 16.9 Å². The second-order valence-electron chi connectivity index (χ2n) is 1.90. The first-order valence-electron chi connectivity index (χ1n) is 2.79. The van der Waals surface area contributed by atoms with E-state index in [0.29, 0.717) is 0 Å². The van der Waals surface area contributed by atoms with Crippen molar-refractivity contribution in [2.45, 2.75) is 0 Å². The zero-order chi connectivity index (χ0) is 7.84. The van der Waals surface area contributed by atoms with Crippen molar-refractivity contribution >= 4 is 22.6 Å². The molecule has 0 radical (unpaired) electrons. The second-order valence-corrected chi connectivity index (χ2v) is 2.26. The Morgan fingerprint density at radius 3 is 3.00 bits per heavy atom. The molecule has 0 aliphatic heterocycles. The van der Waals surface area contributed by atoms with Gasteiger partial charge in [-0.25, -0.2) is 9.97 Å². The molecule has 0 bridgehead atoms. The summed E-state index contributed by atoms with van der Waals surface area (Å²) in [5, 5.41) is 5.86. The molecular weight excluding hydrogens is 171 g/mol. The highest BCUT2D eigenvalue weighted by Gasteiger charge is 2.09. The van der Waals surface area contributed by atoms with Gasteiger partial charge in [0.25, 0.3) is 0 Å². The first kappa shape index (κ1) is 6.48. The van der Waals surface area contributed by atoms with E-state index < -0.39 is 5.95 Å². The number of fused-ring (bicyclic) bond motifs is 1. The van der Waals surface area contributed by atoms with Crippen LogP contribution in [0.5, 0.6) is 0 Å². The zero-order valence-electron chi connectivity index (χ0n) is 5.17. The number of rotatable bonds is 0. The third-order valence-electron chi connectivity index (χ3n) is 1.26. The van der Waals surface area contributed by atoms with Gasteiger partial charge >= 0.3 is 0 Å². The molecule has 2 aromatic rings. The summed E-state index contributed by atoms with van der Waals surface area (Å²) in [5.74, 6) is -0.606. The van der Waals surface area contributed by atoms with E-state index in [1.54, 1.807) is 0 Å². The summed E-state index contributed by atoms with van der Waals surface area (Å²) in [5.41, 5.74) is 0.238. The Balaban J connectivity index is 2.96. The number of nitrogens with zero attached hydrogens (tertiary/aromatic N) is 3. The quantitative estimate of drug-likeness (QED) is 0.607. The minimum atomic E-state index is -0.606. The minimum Gasteiger partial charge on any atom is -0.250 e. The van der Waals surface area contributed by atoms with E-state index in [0.717, 1.165) is 0 Å². The molecule has 0 spiro atoms. The van der Waals surface area contributed by atoms with Crippen molar-refractivity contribution in [1.82, 2.24) is 20.2 Å². The predicted octanol–water partition coefficient (Wildman–Crippen LogP) is 1.15. The van der Waals surface area contributed by atoms with Crippen LogP contribution >= 0.6 is 11.6 Å². The molecule has 0 saturated carbocycles. The van der Waals surface area contributed by atoms with E-state index in [-0.39, 0.29) is 16.2 Å². The van der Waals surface area contributed by atoms with Crippen molar-refractivity contribution in [3.05, 3.63) is 17.4 Å². The molecule has 0 atom stereocenters. The number of hydrogen-bond donors (Lipinski definition) is 1. The van der Waals surface area contributed by atoms with Crippen LogP contribution in [-0.4, -0.2) is 20.2 Å². The van der Waals surface area contributed by atoms with Gasteiger partial charge in [-0.15, -0.1) is 0 Å². The van der Waals surface area contributed by atoms with E-state index in [1.165, 1.54) is 6.33 Å². The van der Waals surface area contributed by atoms with Crippen LogP contribution in [0, 0.1) is 5.95 Å². The molecule has 1 N–H and O–H groups in total. The summed E-state index contributed by atoms with van der Waals surface area (Å²) in [6.07, 6.45) is 1.23. The van der Waals surface area contributed by atoms with Gasteiger partial charge in [-0.3, -0.25) is 5.10 Å². The van der Waals surface area contributed by atoms with E-state index >= 15 is 0 Å². The predicted molar refractivity (Wildman–Crippen MR) is 36.7 cm³/mol. The van der Waals surface area contributed by atoms with Gasteiger partial charge in [-0.05, 0) is 0 Å². The highest BCUT2D eigenvalue weighted by Crippen LogP contribution is 2.18. The van der Waals surface area contributed by atoms with E-state index in [9.17, 15) is 4.39 Å². The molecule has 0 aliphatic rings. The SMILES string of the molecule is Fc1[nH]nc2ncnc(Cl)c12. The topological polar surface area (TPSA) is 54.5 Å². The molecule has 0 saturated heterocycles. The third-order valence-corrected chi connectivity index (χ3v) is 1.55. The highest BCUT2D eigenvalue weighted by molar-refractivity contribution is 6.33. The number of aromatic amines is 1. The van der Waals surface area contributed by atoms with Gasteiger partial charge in [0.05, 0.1) is 0 Å². The van der Waals surface area contributed by atoms with Gasteiger partial charge in [0, 0.05) is 0 Å². The van der Waals surface area contributed by atoms with Crippen molar-refractivity contribution in [1.29, 1.82) is 0 Å². The summed E-state index contributed by atoms with van der Waals surface area (Å²) >= 11 is 5.55. The first-order valence-corrected chi connectivity index (χ1v) is 3.17. The van der Waals surface area contributed by atoms with Gasteiger partial charge in [-0.2, -0.15) is 9.49 Å². The van der Waals surface area contributed by atoms with Crippen molar-refractivity contribution in [3.63, 3.8) is 0 Å². The van der Waals surface area contributed by atoms with Crippen molar-refractivity contribution in [2.75, 3.05) is 0 Å². The van der Waals surface area contributed by atoms with Crippen molar-refractivity contribution in [2.24, 2.45) is 0 Å². The molecule has 4 nitrogen and oxygen atoms in total. The van der Waals surface area contributed by atoms with Crippen LogP contribution in [0.4, 0.5) is 4.39 Å². The fraction of sp³-hybridized carbons (Fsp3) is 0. The lowest BCUT2D eigenvalue weighted by Gasteiger charge is -1.87. The average Bonchev–Trinajstić information content (AvgIpc) is 2.34. The Morgan fingerprint density at radius 2 is 2.27 bits per heavy atom. The first-order chi connectivity index (χ1) is 5.29. The number of nitrogens with one attached hydrogen (secondary N) is 1. The van der Waals surface area contributed by atoms with E-state index in [2.05, 4.69) is 20.2 Å². The zero-order valence-corrected chi connectivity index (χ0v) is 5.93. The van der Waals surface area contributed by atoms with E-state index in [1.807, 2.05) is 0 Å². The Kier molecular flexibility index (Phi) is 1.25. The lowest BCUT2D eigenvalue weighted by atomic mass is 10.4. The molecule has 6 heteroatoms. The lowest BCUT2D eigenvalue weighted by Crippen LogP contribution is -1.81. The van der Waals surface area contributed by atoms with Crippen molar-refractivity contribution in [3.8, 4) is 0 Å². The summed E-state index contributed by atoms with van der Waals surface area (Å²) in [6, 6.07) is 0. The Morgan fingerprint density at radius 1 is 1.45 bits per heavy atom. The van der Waals surface area contributed by atoms with Gasteiger partial charge in [0.15, 0.2) is 5.65 Å². The maximum atomic E-state index is 12.7. The molecule has 11 heavy (non-hydrogen) atoms. The van der Waals surface area contributed by atoms with Crippen LogP contribution in [0.25, 0.3) is 11.0 Å². The maximum Gasteiger partial charge on any atom is 0.221 e. The molecule has 56 valence electrons. The van der Waals surface area contributed by atoms with E-state index in [4.69, 9.17) is 11.6 Å². The molecular formula is C5H2ClFN4. The molecule has 0 amide bonds. The summed E-state index contributed by atoms with van der Waals surface area (Å²) in [7, 11) is 0. The standard InChI is InChI=1S/C5H2ClFN4/c6-3-2-4(7)10-11-5(2)9-1-8-3/h1H,(H,8,9,10,11). The molecule has 0 unspecified atom stereocenters. The molecule has 2 rings (SSSR count). The van der Waals surface area contributed by atoms with Crippen LogP contribution in [0.3, 0.4) is 0 Å². The maximum absolute atomic E-state index is 12.7. The largest absolute Gasteiger partial charge is 0.250 e. The summed E-state index contributed by atoms with van der Waals surface area (Å²) in [6.45, 7) is 0. The second kappa shape index (κ2) is 2.13. The van der Waals surface area contributed by atoms with Gasteiger partial charge in [-0.1, -0.05) is 11.6 Å². The van der Waals surface area contributed by atoms with Gasteiger partial charge in [0.2, 0.25) is 5.95 Å². The fourth-order valence-electron chi connectivity index (χ4n) is 0.787. The van der Waals surface area contributed by atoms with Gasteiger partial charge < -0.3 is 0 Å². The average molecular weight is 173 g/mol. The number of hydrogen-bond acceptors (Lipinski definition) is 3. The number of H-pyrrole nitrogens is 1. The molecule has 0 aliphatic carbocycles. The molecule has 0 aromatic carbocycles.